The van der Waals surface area contributed by atoms with Crippen molar-refractivity contribution in [3.63, 3.8) is 0 Å². The van der Waals surface area contributed by atoms with Gasteiger partial charge >= 0.3 is 0 Å². The number of hydrogen-bond acceptors (Lipinski definition) is 6. The third-order valence-corrected chi connectivity index (χ3v) is 5.96. The minimum atomic E-state index is -3.12. The largest absolute Gasteiger partial charge is 0.486 e. The van der Waals surface area contributed by atoms with E-state index >= 15 is 0 Å². The molecule has 7 nitrogen and oxygen atoms in total. The summed E-state index contributed by atoms with van der Waals surface area (Å²) in [4.78, 5) is 13.7. The fourth-order valence-electron chi connectivity index (χ4n) is 3.29. The molecule has 22 heavy (non-hydrogen) atoms. The van der Waals surface area contributed by atoms with E-state index in [1.807, 2.05) is 17.0 Å². The Morgan fingerprint density at radius 1 is 1.14 bits per heavy atom. The van der Waals surface area contributed by atoms with Gasteiger partial charge in [-0.15, -0.1) is 0 Å². The summed E-state index contributed by atoms with van der Waals surface area (Å²) in [6.07, 6.45) is 0. The number of hydrogen-bond donors (Lipinski definition) is 1. The second-order valence-electron chi connectivity index (χ2n) is 5.77. The van der Waals surface area contributed by atoms with Crippen LogP contribution in [-0.4, -0.2) is 57.7 Å². The Balaban J connectivity index is 1.69. The summed E-state index contributed by atoms with van der Waals surface area (Å²) in [6.45, 7) is 1.15. The number of benzene rings is 1. The van der Waals surface area contributed by atoms with E-state index in [0.29, 0.717) is 24.7 Å². The van der Waals surface area contributed by atoms with E-state index < -0.39 is 9.84 Å². The molecule has 1 aromatic rings. The lowest BCUT2D eigenvalue weighted by Crippen LogP contribution is -2.60. The molecule has 0 radical (unpaired) electrons. The molecule has 1 amide bonds. The summed E-state index contributed by atoms with van der Waals surface area (Å²) in [5.41, 5.74) is 0.784. The van der Waals surface area contributed by atoms with Crippen molar-refractivity contribution in [1.29, 1.82) is 0 Å². The van der Waals surface area contributed by atoms with Gasteiger partial charge < -0.3 is 19.7 Å². The number of nitrogens with one attached hydrogen (secondary N) is 1. The van der Waals surface area contributed by atoms with E-state index in [-0.39, 0.29) is 36.0 Å². The maximum Gasteiger partial charge on any atom is 0.239 e. The van der Waals surface area contributed by atoms with Gasteiger partial charge in [0, 0.05) is 11.8 Å². The zero-order chi connectivity index (χ0) is 15.3. The molecular formula is C14H16N2O5S. The van der Waals surface area contributed by atoms with Gasteiger partial charge in [0.25, 0.3) is 0 Å². The molecule has 0 aliphatic carbocycles. The molecule has 3 aliphatic rings. The molecule has 0 aromatic heterocycles. The van der Waals surface area contributed by atoms with Gasteiger partial charge in [0.15, 0.2) is 21.3 Å². The predicted octanol–water partition coefficient (Wildman–Crippen LogP) is -0.440. The lowest BCUT2D eigenvalue weighted by atomic mass is 10.1. The van der Waals surface area contributed by atoms with Gasteiger partial charge in [-0.25, -0.2) is 8.42 Å². The zero-order valence-electron chi connectivity index (χ0n) is 11.8. The highest BCUT2D eigenvalue weighted by molar-refractivity contribution is 7.91. The van der Waals surface area contributed by atoms with Crippen molar-refractivity contribution >= 4 is 21.4 Å². The van der Waals surface area contributed by atoms with Gasteiger partial charge in [-0.1, -0.05) is 0 Å². The van der Waals surface area contributed by atoms with Crippen LogP contribution >= 0.6 is 0 Å². The zero-order valence-corrected chi connectivity index (χ0v) is 12.6. The van der Waals surface area contributed by atoms with Crippen LogP contribution in [0.5, 0.6) is 11.5 Å². The number of carbonyl (C=O) groups is 1. The first kappa shape index (κ1) is 13.7. The van der Waals surface area contributed by atoms with E-state index in [9.17, 15) is 13.2 Å². The molecule has 3 aliphatic heterocycles. The van der Waals surface area contributed by atoms with Crippen LogP contribution in [0.3, 0.4) is 0 Å². The number of piperazine rings is 1. The van der Waals surface area contributed by atoms with Crippen molar-refractivity contribution in [2.75, 3.05) is 36.2 Å². The first-order chi connectivity index (χ1) is 10.5. The van der Waals surface area contributed by atoms with Crippen molar-refractivity contribution in [1.82, 2.24) is 5.32 Å². The number of sulfone groups is 1. The van der Waals surface area contributed by atoms with E-state index in [1.54, 1.807) is 6.07 Å². The Hall–Kier alpha value is -1.96. The highest BCUT2D eigenvalue weighted by Gasteiger charge is 2.45. The topological polar surface area (TPSA) is 84.9 Å². The number of fused-ring (bicyclic) bond motifs is 2. The van der Waals surface area contributed by atoms with Crippen LogP contribution in [-0.2, 0) is 14.6 Å². The average molecular weight is 324 g/mol. The number of ether oxygens (including phenoxy) is 2. The summed E-state index contributed by atoms with van der Waals surface area (Å²) in [7, 11) is -3.12. The van der Waals surface area contributed by atoms with Crippen molar-refractivity contribution < 1.29 is 22.7 Å². The molecule has 0 bridgehead atoms. The second-order valence-corrected chi connectivity index (χ2v) is 7.93. The second kappa shape index (κ2) is 4.77. The first-order valence-corrected chi connectivity index (χ1v) is 9.00. The molecule has 118 valence electrons. The molecule has 0 spiro atoms. The molecule has 2 atom stereocenters. The highest BCUT2D eigenvalue weighted by Crippen LogP contribution is 2.36. The van der Waals surface area contributed by atoms with Gasteiger partial charge in [0.2, 0.25) is 5.91 Å². The number of carbonyl (C=O) groups excluding carboxylic acids is 1. The van der Waals surface area contributed by atoms with Gasteiger partial charge in [-0.2, -0.15) is 0 Å². The van der Waals surface area contributed by atoms with Gasteiger partial charge in [-0.3, -0.25) is 4.79 Å². The van der Waals surface area contributed by atoms with Crippen LogP contribution in [0, 0.1) is 0 Å². The molecule has 0 unspecified atom stereocenters. The van der Waals surface area contributed by atoms with Gasteiger partial charge in [0.1, 0.15) is 13.2 Å². The van der Waals surface area contributed by atoms with Crippen LogP contribution < -0.4 is 19.7 Å². The van der Waals surface area contributed by atoms with E-state index in [4.69, 9.17) is 9.47 Å². The summed E-state index contributed by atoms with van der Waals surface area (Å²) in [5, 5.41) is 2.78. The van der Waals surface area contributed by atoms with Crippen LogP contribution in [0.2, 0.25) is 0 Å². The van der Waals surface area contributed by atoms with Crippen molar-refractivity contribution in [2.24, 2.45) is 0 Å². The lowest BCUT2D eigenvalue weighted by molar-refractivity contribution is -0.121. The van der Waals surface area contributed by atoms with E-state index in [1.165, 1.54) is 0 Å². The molecule has 4 rings (SSSR count). The SMILES string of the molecule is O=C1CN(c2ccc3c(c2)OCCO3)[C@H]2CS(=O)(=O)C[C@H]2N1. The minimum Gasteiger partial charge on any atom is -0.486 e. The van der Waals surface area contributed by atoms with Gasteiger partial charge in [0.05, 0.1) is 30.1 Å². The Kier molecular flexibility index (Phi) is 2.97. The molecule has 1 N–H and O–H groups in total. The molecule has 1 aromatic carbocycles. The van der Waals surface area contributed by atoms with E-state index in [2.05, 4.69) is 5.32 Å². The normalized spacial score (nSPS) is 28.9. The summed E-state index contributed by atoms with van der Waals surface area (Å²) < 4.78 is 34.8. The van der Waals surface area contributed by atoms with Crippen LogP contribution in [0.15, 0.2) is 18.2 Å². The molecule has 2 saturated heterocycles. The number of nitrogens with zero attached hydrogens (tertiary/aromatic N) is 1. The number of anilines is 1. The average Bonchev–Trinajstić information content (AvgIpc) is 2.79. The van der Waals surface area contributed by atoms with Crippen molar-refractivity contribution in [3.05, 3.63) is 18.2 Å². The summed E-state index contributed by atoms with van der Waals surface area (Å²) in [5.74, 6) is 1.21. The third-order valence-electron chi connectivity index (χ3n) is 4.24. The molecule has 0 saturated carbocycles. The number of rotatable bonds is 1. The highest BCUT2D eigenvalue weighted by atomic mass is 32.2. The quantitative estimate of drug-likeness (QED) is 0.754. The van der Waals surface area contributed by atoms with Crippen LogP contribution in [0.4, 0.5) is 5.69 Å². The Labute approximate surface area is 128 Å². The molecular weight excluding hydrogens is 308 g/mol. The Morgan fingerprint density at radius 3 is 2.73 bits per heavy atom. The molecule has 8 heteroatoms. The van der Waals surface area contributed by atoms with Crippen molar-refractivity contribution in [2.45, 2.75) is 12.1 Å². The minimum absolute atomic E-state index is 0.00442. The van der Waals surface area contributed by atoms with E-state index in [0.717, 1.165) is 5.69 Å². The summed E-state index contributed by atoms with van der Waals surface area (Å²) >= 11 is 0. The fraction of sp³-hybridized carbons (Fsp3) is 0.500. The standard InChI is InChI=1S/C14H16N2O5S/c17-14-6-16(11-8-22(18,19)7-10(11)15-14)9-1-2-12-13(5-9)21-4-3-20-12/h1-2,5,10-11H,3-4,6-8H2,(H,15,17)/t10-,11+/m1/s1. The Morgan fingerprint density at radius 2 is 1.91 bits per heavy atom. The summed E-state index contributed by atoms with van der Waals surface area (Å²) in [6, 6.07) is 4.88. The van der Waals surface area contributed by atoms with Gasteiger partial charge in [-0.05, 0) is 12.1 Å². The molecule has 3 heterocycles. The molecule has 2 fully saturated rings. The first-order valence-electron chi connectivity index (χ1n) is 7.18. The lowest BCUT2D eigenvalue weighted by Gasteiger charge is -2.38. The van der Waals surface area contributed by atoms with Crippen molar-refractivity contribution in [3.8, 4) is 11.5 Å². The predicted molar refractivity (Wildman–Crippen MR) is 79.2 cm³/mol. The monoisotopic (exact) mass is 324 g/mol. The number of amides is 1. The smallest absolute Gasteiger partial charge is 0.239 e. The van der Waals surface area contributed by atoms with Crippen LogP contribution in [0.1, 0.15) is 0 Å². The maximum absolute atomic E-state index is 11.9. The van der Waals surface area contributed by atoms with Crippen LogP contribution in [0.25, 0.3) is 0 Å². The maximum atomic E-state index is 11.9. The third kappa shape index (κ3) is 2.27. The fourth-order valence-corrected chi connectivity index (χ4v) is 5.21. The Bertz CT molecular complexity index is 733.